The van der Waals surface area contributed by atoms with Gasteiger partial charge in [-0.1, -0.05) is 30.6 Å². The molecule has 0 aromatic heterocycles. The molecule has 3 rings (SSSR count). The summed E-state index contributed by atoms with van der Waals surface area (Å²) in [5.74, 6) is 2.27. The van der Waals surface area contributed by atoms with Crippen LogP contribution >= 0.6 is 0 Å². The highest BCUT2D eigenvalue weighted by Gasteiger charge is 2.57. The van der Waals surface area contributed by atoms with Crippen LogP contribution < -0.4 is 0 Å². The van der Waals surface area contributed by atoms with Crippen LogP contribution in [-0.2, 0) is 9.53 Å². The molecule has 6 atom stereocenters. The maximum Gasteiger partial charge on any atom is 0.305 e. The lowest BCUT2D eigenvalue weighted by molar-refractivity contribution is -0.147. The van der Waals surface area contributed by atoms with Gasteiger partial charge in [-0.05, 0) is 85.5 Å². The average Bonchev–Trinajstić information content (AvgIpc) is 2.93. The van der Waals surface area contributed by atoms with Crippen LogP contribution in [0.25, 0.3) is 10.4 Å². The first-order valence-corrected chi connectivity index (χ1v) is 10.1. The molecule has 5 heteroatoms. The topological polar surface area (TPSA) is 75.1 Å². The summed E-state index contributed by atoms with van der Waals surface area (Å²) >= 11 is 0. The Morgan fingerprint density at radius 2 is 2.12 bits per heavy atom. The monoisotopic (exact) mass is 359 g/mol. The first-order valence-electron chi connectivity index (χ1n) is 10.1. The zero-order valence-electron chi connectivity index (χ0n) is 16.7. The molecule has 3 aliphatic rings. The van der Waals surface area contributed by atoms with Crippen molar-refractivity contribution in [2.24, 2.45) is 39.6 Å². The van der Waals surface area contributed by atoms with Crippen molar-refractivity contribution in [2.75, 3.05) is 13.7 Å². The Labute approximate surface area is 157 Å². The van der Waals surface area contributed by atoms with E-state index in [1.54, 1.807) is 5.57 Å². The van der Waals surface area contributed by atoms with E-state index in [1.165, 1.54) is 32.8 Å². The third-order valence-corrected chi connectivity index (χ3v) is 8.49. The van der Waals surface area contributed by atoms with Crippen molar-refractivity contribution in [3.05, 3.63) is 22.1 Å². The van der Waals surface area contributed by atoms with Gasteiger partial charge >= 0.3 is 5.97 Å². The van der Waals surface area contributed by atoms with Gasteiger partial charge in [-0.15, -0.1) is 0 Å². The van der Waals surface area contributed by atoms with Crippen LogP contribution in [0.1, 0.15) is 65.7 Å². The van der Waals surface area contributed by atoms with Gasteiger partial charge in [-0.25, -0.2) is 0 Å². The summed E-state index contributed by atoms with van der Waals surface area (Å²) in [5.41, 5.74) is 10.7. The smallest absolute Gasteiger partial charge is 0.305 e. The van der Waals surface area contributed by atoms with Gasteiger partial charge in [-0.3, -0.25) is 4.79 Å². The van der Waals surface area contributed by atoms with Gasteiger partial charge in [0.1, 0.15) is 0 Å². The van der Waals surface area contributed by atoms with E-state index >= 15 is 0 Å². The predicted molar refractivity (Wildman–Crippen MR) is 102 cm³/mol. The number of esters is 1. The number of allylic oxidation sites excluding steroid dienone is 2. The number of azide groups is 1. The van der Waals surface area contributed by atoms with Gasteiger partial charge in [0.15, 0.2) is 0 Å². The van der Waals surface area contributed by atoms with Crippen molar-refractivity contribution in [3.8, 4) is 0 Å². The lowest BCUT2D eigenvalue weighted by atomic mass is 9.46. The number of ether oxygens (including phenoxy) is 1. The molecule has 0 radical (unpaired) electrons. The molecule has 0 saturated heterocycles. The molecule has 144 valence electrons. The van der Waals surface area contributed by atoms with Crippen LogP contribution in [0.2, 0.25) is 0 Å². The van der Waals surface area contributed by atoms with Crippen molar-refractivity contribution in [1.29, 1.82) is 0 Å². The number of carbonyl (C=O) groups excluding carboxylic acids is 1. The van der Waals surface area contributed by atoms with Crippen LogP contribution in [-0.4, -0.2) is 19.6 Å². The van der Waals surface area contributed by atoms with Gasteiger partial charge in [-0.2, -0.15) is 0 Å². The van der Waals surface area contributed by atoms with E-state index in [0.717, 1.165) is 18.8 Å². The number of carbonyl (C=O) groups is 1. The van der Waals surface area contributed by atoms with Crippen molar-refractivity contribution >= 4 is 5.97 Å². The summed E-state index contributed by atoms with van der Waals surface area (Å²) in [4.78, 5) is 15.0. The fourth-order valence-corrected chi connectivity index (χ4v) is 6.66. The summed E-state index contributed by atoms with van der Waals surface area (Å²) < 4.78 is 4.98. The molecule has 0 aliphatic heterocycles. The van der Waals surface area contributed by atoms with Crippen LogP contribution in [0.15, 0.2) is 16.8 Å². The predicted octanol–water partition coefficient (Wildman–Crippen LogP) is 5.66. The highest BCUT2D eigenvalue weighted by atomic mass is 16.5. The Morgan fingerprint density at radius 1 is 1.35 bits per heavy atom. The van der Waals surface area contributed by atoms with Crippen LogP contribution in [0.3, 0.4) is 0 Å². The van der Waals surface area contributed by atoms with E-state index in [0.29, 0.717) is 36.1 Å². The average molecular weight is 360 g/mol. The highest BCUT2D eigenvalue weighted by molar-refractivity contribution is 5.69. The largest absolute Gasteiger partial charge is 0.469 e. The summed E-state index contributed by atoms with van der Waals surface area (Å²) in [6, 6.07) is 0. The number of rotatable bonds is 5. The third-order valence-electron chi connectivity index (χ3n) is 8.49. The normalized spacial score (nSPS) is 41.5. The van der Waals surface area contributed by atoms with E-state index in [-0.39, 0.29) is 11.4 Å². The molecule has 0 amide bonds. The second kappa shape index (κ2) is 7.26. The van der Waals surface area contributed by atoms with Gasteiger partial charge in [0.05, 0.1) is 7.11 Å². The third kappa shape index (κ3) is 3.05. The number of hydrogen-bond acceptors (Lipinski definition) is 3. The molecule has 0 unspecified atom stereocenters. The summed E-state index contributed by atoms with van der Waals surface area (Å²) in [6.07, 6.45) is 9.78. The Morgan fingerprint density at radius 3 is 2.81 bits per heavy atom. The summed E-state index contributed by atoms with van der Waals surface area (Å²) in [7, 11) is 1.48. The lowest BCUT2D eigenvalue weighted by Crippen LogP contribution is -2.52. The van der Waals surface area contributed by atoms with E-state index in [4.69, 9.17) is 10.3 Å². The Bertz CT molecular complexity index is 639. The quantitative estimate of drug-likeness (QED) is 0.209. The number of fused-ring (bicyclic) bond motifs is 3. The zero-order valence-corrected chi connectivity index (χ0v) is 16.7. The van der Waals surface area contributed by atoms with Crippen LogP contribution in [0.5, 0.6) is 0 Å². The zero-order chi connectivity index (χ0) is 18.9. The van der Waals surface area contributed by atoms with Gasteiger partial charge in [0.25, 0.3) is 0 Å². The first-order chi connectivity index (χ1) is 12.4. The number of hydrogen-bond donors (Lipinski definition) is 0. The molecule has 2 fully saturated rings. The van der Waals surface area contributed by atoms with Crippen molar-refractivity contribution < 1.29 is 9.53 Å². The molecular formula is C21H33N3O2. The highest BCUT2D eigenvalue weighted by Crippen LogP contribution is 2.65. The minimum atomic E-state index is -0.109. The van der Waals surface area contributed by atoms with Crippen LogP contribution in [0, 0.1) is 34.5 Å². The second-order valence-electron chi connectivity index (χ2n) is 9.22. The Balaban J connectivity index is 1.87. The minimum absolute atomic E-state index is 0.0448. The van der Waals surface area contributed by atoms with E-state index in [9.17, 15) is 4.79 Å². The van der Waals surface area contributed by atoms with E-state index in [2.05, 4.69) is 36.9 Å². The van der Waals surface area contributed by atoms with Crippen molar-refractivity contribution in [1.82, 2.24) is 0 Å². The Hall–Kier alpha value is -1.48. The molecule has 5 nitrogen and oxygen atoms in total. The fourth-order valence-electron chi connectivity index (χ4n) is 6.66. The van der Waals surface area contributed by atoms with Crippen molar-refractivity contribution in [3.63, 3.8) is 0 Å². The second-order valence-corrected chi connectivity index (χ2v) is 9.22. The SMILES string of the molecule is COC(=O)C[C@@H]1CC[C@@H]2[C@H](CC[C@]3(C)C(C)=CC[C@@H]23)[C@@]1(C)CCN=[N+]=[N-]. The summed E-state index contributed by atoms with van der Waals surface area (Å²) in [5, 5.41) is 3.83. The molecular weight excluding hydrogens is 326 g/mol. The minimum Gasteiger partial charge on any atom is -0.469 e. The molecule has 0 bridgehead atoms. The lowest BCUT2D eigenvalue weighted by Gasteiger charge is -2.59. The maximum absolute atomic E-state index is 12.0. The molecule has 0 heterocycles. The standard InChI is InChI=1S/C21H33N3O2/c1-14-5-8-17-16-7-6-15(13-19(25)26-4)21(3,11-12-23-24-22)18(16)9-10-20(14,17)2/h5,15-18H,6-13H2,1-4H3/t15-,16-,17-,18-,20+,21-/m0/s1. The number of methoxy groups -OCH3 is 1. The molecule has 0 spiro atoms. The molecule has 0 aromatic rings. The number of nitrogens with zero attached hydrogens (tertiary/aromatic N) is 3. The summed E-state index contributed by atoms with van der Waals surface area (Å²) in [6.45, 7) is 7.64. The fraction of sp³-hybridized carbons (Fsp3) is 0.857. The molecule has 0 aromatic carbocycles. The molecule has 2 saturated carbocycles. The van der Waals surface area contributed by atoms with E-state index < -0.39 is 0 Å². The van der Waals surface area contributed by atoms with Gasteiger partial charge in [0, 0.05) is 17.9 Å². The van der Waals surface area contributed by atoms with Gasteiger partial charge in [0.2, 0.25) is 0 Å². The molecule has 26 heavy (non-hydrogen) atoms. The van der Waals surface area contributed by atoms with Gasteiger partial charge < -0.3 is 4.74 Å². The molecule has 3 aliphatic carbocycles. The Kier molecular flexibility index (Phi) is 5.39. The molecule has 0 N–H and O–H groups in total. The maximum atomic E-state index is 12.0. The van der Waals surface area contributed by atoms with E-state index in [1.807, 2.05) is 0 Å². The van der Waals surface area contributed by atoms with Crippen LogP contribution in [0.4, 0.5) is 0 Å². The van der Waals surface area contributed by atoms with Crippen molar-refractivity contribution in [2.45, 2.75) is 65.7 Å². The first kappa shape index (κ1) is 19.3.